The number of rotatable bonds is 11. The smallest absolute Gasteiger partial charge is 0.156 e. The fraction of sp³-hybridized carbons (Fsp3) is 0.875. The molecule has 2 nitrogen and oxygen atoms in total. The van der Waals surface area contributed by atoms with Crippen molar-refractivity contribution >= 4 is 0 Å². The molecule has 0 aliphatic carbocycles. The topological polar surface area (TPSA) is 18.5 Å². The predicted molar refractivity (Wildman–Crippen MR) is 77.4 cm³/mol. The van der Waals surface area contributed by atoms with E-state index in [9.17, 15) is 0 Å². The van der Waals surface area contributed by atoms with E-state index in [4.69, 9.17) is 9.47 Å². The van der Waals surface area contributed by atoms with Gasteiger partial charge in [0.2, 0.25) is 0 Å². The molecule has 0 saturated heterocycles. The van der Waals surface area contributed by atoms with E-state index in [0.717, 1.165) is 19.3 Å². The van der Waals surface area contributed by atoms with Crippen LogP contribution in [-0.4, -0.2) is 20.5 Å². The summed E-state index contributed by atoms with van der Waals surface area (Å²) in [5.41, 5.74) is 0. The summed E-state index contributed by atoms with van der Waals surface area (Å²) in [5, 5.41) is 0. The van der Waals surface area contributed by atoms with Gasteiger partial charge in [0.15, 0.2) is 6.29 Å². The van der Waals surface area contributed by atoms with E-state index in [1.807, 2.05) is 0 Å². The highest BCUT2D eigenvalue weighted by Crippen LogP contribution is 2.11. The third kappa shape index (κ3) is 12.0. The lowest BCUT2D eigenvalue weighted by atomic mass is 10.1. The summed E-state index contributed by atoms with van der Waals surface area (Å²) >= 11 is 0. The fourth-order valence-electron chi connectivity index (χ4n) is 1.95. The quantitative estimate of drug-likeness (QED) is 0.306. The van der Waals surface area contributed by atoms with Gasteiger partial charge >= 0.3 is 0 Å². The molecule has 0 aromatic heterocycles. The van der Waals surface area contributed by atoms with Crippen molar-refractivity contribution in [3.05, 3.63) is 0 Å². The molecule has 0 atom stereocenters. The summed E-state index contributed by atoms with van der Waals surface area (Å²) in [5.74, 6) is 6.31. The Bertz CT molecular complexity index is 211. The lowest BCUT2D eigenvalue weighted by molar-refractivity contribution is -0.107. The molecule has 0 fully saturated rings. The van der Waals surface area contributed by atoms with Crippen LogP contribution in [-0.2, 0) is 9.47 Å². The van der Waals surface area contributed by atoms with Gasteiger partial charge in [0.05, 0.1) is 0 Å². The standard InChI is InChI=1S/C16H30O2/c1-4-5-6-7-8-9-10-11-12-13-14-15-16(17-2)18-3/h16H,4,7-15H2,1-3H3. The van der Waals surface area contributed by atoms with Gasteiger partial charge in [0.1, 0.15) is 0 Å². The lowest BCUT2D eigenvalue weighted by Crippen LogP contribution is -2.12. The molecule has 0 aliphatic heterocycles. The molecule has 0 amide bonds. The van der Waals surface area contributed by atoms with Gasteiger partial charge in [-0.25, -0.2) is 0 Å². The summed E-state index contributed by atoms with van der Waals surface area (Å²) in [6.07, 6.45) is 12.2. The number of hydrogen-bond donors (Lipinski definition) is 0. The van der Waals surface area contributed by atoms with E-state index in [-0.39, 0.29) is 6.29 Å². The molecule has 0 aliphatic rings. The highest BCUT2D eigenvalue weighted by molar-refractivity contribution is 4.97. The average Bonchev–Trinajstić information content (AvgIpc) is 2.40. The Labute approximate surface area is 113 Å². The summed E-state index contributed by atoms with van der Waals surface area (Å²) in [6.45, 7) is 2.10. The maximum Gasteiger partial charge on any atom is 0.156 e. The molecule has 0 heterocycles. The monoisotopic (exact) mass is 254 g/mol. The maximum atomic E-state index is 5.16. The zero-order valence-electron chi connectivity index (χ0n) is 12.5. The second-order valence-corrected chi connectivity index (χ2v) is 4.62. The summed E-state index contributed by atoms with van der Waals surface area (Å²) in [6, 6.07) is 0. The van der Waals surface area contributed by atoms with Crippen molar-refractivity contribution in [2.24, 2.45) is 0 Å². The third-order valence-electron chi connectivity index (χ3n) is 3.07. The molecule has 0 spiro atoms. The normalized spacial score (nSPS) is 10.4. The summed E-state index contributed by atoms with van der Waals surface area (Å²) < 4.78 is 10.3. The molecule has 0 bridgehead atoms. The van der Waals surface area contributed by atoms with Crippen LogP contribution in [0.15, 0.2) is 0 Å². The highest BCUT2D eigenvalue weighted by atomic mass is 16.7. The second-order valence-electron chi connectivity index (χ2n) is 4.62. The number of hydrogen-bond acceptors (Lipinski definition) is 2. The predicted octanol–water partition coefficient (Wildman–Crippen LogP) is 4.53. The first-order chi connectivity index (χ1) is 8.85. The van der Waals surface area contributed by atoms with E-state index < -0.39 is 0 Å². The Hall–Kier alpha value is -0.520. The van der Waals surface area contributed by atoms with Gasteiger partial charge in [-0.05, 0) is 19.3 Å². The van der Waals surface area contributed by atoms with Gasteiger partial charge < -0.3 is 9.47 Å². The number of ether oxygens (including phenoxy) is 2. The first kappa shape index (κ1) is 17.5. The first-order valence-corrected chi connectivity index (χ1v) is 7.36. The van der Waals surface area contributed by atoms with Crippen molar-refractivity contribution in [2.45, 2.75) is 77.4 Å². The van der Waals surface area contributed by atoms with Crippen LogP contribution < -0.4 is 0 Å². The van der Waals surface area contributed by atoms with E-state index in [1.165, 1.54) is 44.9 Å². The average molecular weight is 254 g/mol. The minimum atomic E-state index is -0.0119. The second kappa shape index (κ2) is 14.5. The van der Waals surface area contributed by atoms with Crippen molar-refractivity contribution in [1.82, 2.24) is 0 Å². The van der Waals surface area contributed by atoms with Crippen molar-refractivity contribution in [1.29, 1.82) is 0 Å². The SMILES string of the molecule is CCC#CCCCCCCCCCC(OC)OC. The van der Waals surface area contributed by atoms with E-state index in [1.54, 1.807) is 14.2 Å². The zero-order chi connectivity index (χ0) is 13.5. The first-order valence-electron chi connectivity index (χ1n) is 7.36. The van der Waals surface area contributed by atoms with Gasteiger partial charge in [0.25, 0.3) is 0 Å². The van der Waals surface area contributed by atoms with Gasteiger partial charge in [-0.2, -0.15) is 0 Å². The lowest BCUT2D eigenvalue weighted by Gasteiger charge is -2.12. The molecular weight excluding hydrogens is 224 g/mol. The largest absolute Gasteiger partial charge is 0.356 e. The van der Waals surface area contributed by atoms with Crippen LogP contribution in [0.1, 0.15) is 71.1 Å². The minimum absolute atomic E-state index is 0.0119. The molecule has 0 rings (SSSR count). The fourth-order valence-corrected chi connectivity index (χ4v) is 1.95. The van der Waals surface area contributed by atoms with Crippen LogP contribution in [0.4, 0.5) is 0 Å². The number of methoxy groups -OCH3 is 2. The van der Waals surface area contributed by atoms with E-state index in [2.05, 4.69) is 18.8 Å². The molecule has 0 radical (unpaired) electrons. The van der Waals surface area contributed by atoms with Crippen LogP contribution >= 0.6 is 0 Å². The van der Waals surface area contributed by atoms with E-state index >= 15 is 0 Å². The molecule has 0 aromatic rings. The molecule has 0 unspecified atom stereocenters. The Balaban J connectivity index is 3.11. The molecule has 0 aromatic carbocycles. The molecule has 0 saturated carbocycles. The van der Waals surface area contributed by atoms with Gasteiger partial charge in [-0.1, -0.05) is 39.0 Å². The Morgan fingerprint density at radius 2 is 1.33 bits per heavy atom. The highest BCUT2D eigenvalue weighted by Gasteiger charge is 2.03. The molecular formula is C16H30O2. The Morgan fingerprint density at radius 3 is 1.89 bits per heavy atom. The third-order valence-corrected chi connectivity index (χ3v) is 3.07. The maximum absolute atomic E-state index is 5.16. The van der Waals surface area contributed by atoms with Crippen LogP contribution in [0.2, 0.25) is 0 Å². The van der Waals surface area contributed by atoms with Gasteiger partial charge in [-0.3, -0.25) is 0 Å². The summed E-state index contributed by atoms with van der Waals surface area (Å²) in [4.78, 5) is 0. The van der Waals surface area contributed by atoms with Crippen molar-refractivity contribution < 1.29 is 9.47 Å². The summed E-state index contributed by atoms with van der Waals surface area (Å²) in [7, 11) is 3.41. The molecule has 18 heavy (non-hydrogen) atoms. The van der Waals surface area contributed by atoms with Gasteiger partial charge in [0, 0.05) is 27.1 Å². The Kier molecular flexibility index (Phi) is 14.1. The molecule has 2 heteroatoms. The van der Waals surface area contributed by atoms with Crippen LogP contribution in [0.5, 0.6) is 0 Å². The van der Waals surface area contributed by atoms with Crippen molar-refractivity contribution in [3.63, 3.8) is 0 Å². The number of unbranched alkanes of at least 4 members (excludes halogenated alkanes) is 7. The zero-order valence-corrected chi connectivity index (χ0v) is 12.5. The van der Waals surface area contributed by atoms with Crippen LogP contribution in [0, 0.1) is 11.8 Å². The van der Waals surface area contributed by atoms with Crippen molar-refractivity contribution in [2.75, 3.05) is 14.2 Å². The minimum Gasteiger partial charge on any atom is -0.356 e. The molecule has 106 valence electrons. The van der Waals surface area contributed by atoms with Crippen LogP contribution in [0.3, 0.4) is 0 Å². The Morgan fingerprint density at radius 1 is 0.778 bits per heavy atom. The van der Waals surface area contributed by atoms with Gasteiger partial charge in [-0.15, -0.1) is 11.8 Å². The van der Waals surface area contributed by atoms with Crippen molar-refractivity contribution in [3.8, 4) is 11.8 Å². The molecule has 0 N–H and O–H groups in total. The van der Waals surface area contributed by atoms with E-state index in [0.29, 0.717) is 0 Å². The van der Waals surface area contributed by atoms with Crippen LogP contribution in [0.25, 0.3) is 0 Å².